The van der Waals surface area contributed by atoms with Gasteiger partial charge < -0.3 is 4.74 Å². The summed E-state index contributed by atoms with van der Waals surface area (Å²) in [6, 6.07) is 0. The molecule has 0 aromatic carbocycles. The first-order chi connectivity index (χ1) is 5.95. The van der Waals surface area contributed by atoms with Gasteiger partial charge in [-0.05, 0) is 38.5 Å². The van der Waals surface area contributed by atoms with Crippen LogP contribution < -0.4 is 0 Å². The Balaban J connectivity index is 1.87. The summed E-state index contributed by atoms with van der Waals surface area (Å²) < 4.78 is 5.58. The van der Waals surface area contributed by atoms with Crippen LogP contribution in [-0.4, -0.2) is 12.7 Å². The summed E-state index contributed by atoms with van der Waals surface area (Å²) in [5.41, 5.74) is 1.66. The minimum absolute atomic E-state index is 0.470. The molecule has 0 aromatic rings. The monoisotopic (exact) mass is 166 g/mol. The van der Waals surface area contributed by atoms with Gasteiger partial charge in [-0.15, -0.1) is 0 Å². The summed E-state index contributed by atoms with van der Waals surface area (Å²) >= 11 is 0. The van der Waals surface area contributed by atoms with Gasteiger partial charge in [0.2, 0.25) is 0 Å². The lowest BCUT2D eigenvalue weighted by atomic mass is 9.93. The summed E-state index contributed by atoms with van der Waals surface area (Å²) in [6.07, 6.45) is 12.3. The average Bonchev–Trinajstić information content (AvgIpc) is 2.59. The van der Waals surface area contributed by atoms with E-state index < -0.39 is 0 Å². The number of rotatable bonds is 1. The van der Waals surface area contributed by atoms with Crippen LogP contribution in [0.1, 0.15) is 44.9 Å². The fourth-order valence-corrected chi connectivity index (χ4v) is 2.17. The molecule has 0 bridgehead atoms. The number of hydrogen-bond acceptors (Lipinski definition) is 1. The molecule has 0 aromatic heterocycles. The zero-order valence-electron chi connectivity index (χ0n) is 7.72. The third-order valence-electron chi connectivity index (χ3n) is 2.88. The highest BCUT2D eigenvalue weighted by Crippen LogP contribution is 2.25. The third-order valence-corrected chi connectivity index (χ3v) is 2.88. The van der Waals surface area contributed by atoms with Crippen LogP contribution in [0.3, 0.4) is 0 Å². The highest BCUT2D eigenvalue weighted by atomic mass is 16.5. The van der Waals surface area contributed by atoms with E-state index in [9.17, 15) is 0 Å². The van der Waals surface area contributed by atoms with Crippen LogP contribution in [0, 0.1) is 0 Å². The van der Waals surface area contributed by atoms with Gasteiger partial charge in [0.1, 0.15) is 0 Å². The van der Waals surface area contributed by atoms with Crippen LogP contribution in [0.25, 0.3) is 0 Å². The van der Waals surface area contributed by atoms with E-state index in [-0.39, 0.29) is 0 Å². The molecule has 1 aliphatic heterocycles. The van der Waals surface area contributed by atoms with Crippen molar-refractivity contribution in [1.82, 2.24) is 0 Å². The van der Waals surface area contributed by atoms with Gasteiger partial charge >= 0.3 is 0 Å². The van der Waals surface area contributed by atoms with Crippen molar-refractivity contribution in [3.05, 3.63) is 11.6 Å². The van der Waals surface area contributed by atoms with Crippen molar-refractivity contribution in [2.24, 2.45) is 0 Å². The maximum Gasteiger partial charge on any atom is 0.0759 e. The van der Waals surface area contributed by atoms with E-state index in [1.807, 2.05) is 0 Å². The fraction of sp³-hybridized carbons (Fsp3) is 0.818. The van der Waals surface area contributed by atoms with E-state index in [4.69, 9.17) is 4.74 Å². The Bertz CT molecular complexity index is 158. The van der Waals surface area contributed by atoms with E-state index in [1.165, 1.54) is 44.9 Å². The molecular weight excluding hydrogens is 148 g/mol. The molecule has 0 amide bonds. The lowest BCUT2D eigenvalue weighted by Gasteiger charge is -2.15. The minimum Gasteiger partial charge on any atom is -0.374 e. The quantitative estimate of drug-likeness (QED) is 0.544. The van der Waals surface area contributed by atoms with E-state index in [1.54, 1.807) is 5.57 Å². The van der Waals surface area contributed by atoms with Crippen LogP contribution in [0.15, 0.2) is 11.6 Å². The van der Waals surface area contributed by atoms with Crippen LogP contribution in [0.5, 0.6) is 0 Å². The molecule has 0 spiro atoms. The first kappa shape index (κ1) is 8.31. The van der Waals surface area contributed by atoms with Gasteiger partial charge in [-0.2, -0.15) is 0 Å². The van der Waals surface area contributed by atoms with Crippen molar-refractivity contribution in [3.8, 4) is 0 Å². The van der Waals surface area contributed by atoms with Crippen molar-refractivity contribution in [2.45, 2.75) is 51.0 Å². The first-order valence-corrected chi connectivity index (χ1v) is 5.26. The van der Waals surface area contributed by atoms with Gasteiger partial charge in [0, 0.05) is 6.61 Å². The highest BCUT2D eigenvalue weighted by molar-refractivity contribution is 5.07. The zero-order chi connectivity index (χ0) is 8.23. The molecule has 1 saturated carbocycles. The Labute approximate surface area is 74.8 Å². The molecule has 0 radical (unpaired) electrons. The van der Waals surface area contributed by atoms with Gasteiger partial charge in [-0.25, -0.2) is 0 Å². The maximum absolute atomic E-state index is 5.58. The van der Waals surface area contributed by atoms with Gasteiger partial charge in [0.05, 0.1) is 6.10 Å². The predicted octanol–water partition coefficient (Wildman–Crippen LogP) is 3.06. The van der Waals surface area contributed by atoms with Crippen molar-refractivity contribution in [3.63, 3.8) is 0 Å². The molecule has 0 N–H and O–H groups in total. The van der Waals surface area contributed by atoms with Crippen LogP contribution in [0.4, 0.5) is 0 Å². The van der Waals surface area contributed by atoms with Gasteiger partial charge in [0.15, 0.2) is 0 Å². The minimum atomic E-state index is 0.470. The summed E-state index contributed by atoms with van der Waals surface area (Å²) in [5, 5.41) is 0. The Morgan fingerprint density at radius 2 is 1.92 bits per heavy atom. The van der Waals surface area contributed by atoms with E-state index in [0.29, 0.717) is 6.10 Å². The second kappa shape index (κ2) is 4.08. The average molecular weight is 166 g/mol. The zero-order valence-corrected chi connectivity index (χ0v) is 7.72. The standard InChI is InChI=1S/C11H18O/c1-2-5-10(6-3-1)9-11-7-4-8-12-11/h9,11H,1-8H2. The van der Waals surface area contributed by atoms with Crippen molar-refractivity contribution in [2.75, 3.05) is 6.61 Å². The Kier molecular flexibility index (Phi) is 2.83. The largest absolute Gasteiger partial charge is 0.374 e. The predicted molar refractivity (Wildman–Crippen MR) is 50.1 cm³/mol. The Morgan fingerprint density at radius 3 is 2.58 bits per heavy atom. The fourth-order valence-electron chi connectivity index (χ4n) is 2.17. The molecular formula is C11H18O. The summed E-state index contributed by atoms with van der Waals surface area (Å²) in [6.45, 7) is 0.981. The molecule has 2 fully saturated rings. The molecule has 1 heterocycles. The SMILES string of the molecule is C(=C1CCCCC1)C1CCCO1. The van der Waals surface area contributed by atoms with E-state index in [2.05, 4.69) is 6.08 Å². The molecule has 1 unspecified atom stereocenters. The molecule has 1 saturated heterocycles. The second-order valence-corrected chi connectivity index (χ2v) is 3.94. The maximum atomic E-state index is 5.58. The van der Waals surface area contributed by atoms with Crippen LogP contribution in [-0.2, 0) is 4.74 Å². The van der Waals surface area contributed by atoms with Crippen molar-refractivity contribution >= 4 is 0 Å². The van der Waals surface area contributed by atoms with E-state index >= 15 is 0 Å². The van der Waals surface area contributed by atoms with Gasteiger partial charge in [-0.1, -0.05) is 18.1 Å². The third kappa shape index (κ3) is 2.10. The first-order valence-electron chi connectivity index (χ1n) is 5.26. The number of ether oxygens (including phenoxy) is 1. The smallest absolute Gasteiger partial charge is 0.0759 e. The van der Waals surface area contributed by atoms with E-state index in [0.717, 1.165) is 6.61 Å². The van der Waals surface area contributed by atoms with Crippen LogP contribution in [0.2, 0.25) is 0 Å². The summed E-state index contributed by atoms with van der Waals surface area (Å²) in [5.74, 6) is 0. The molecule has 12 heavy (non-hydrogen) atoms. The molecule has 1 nitrogen and oxygen atoms in total. The molecule has 1 atom stereocenters. The molecule has 1 heteroatoms. The van der Waals surface area contributed by atoms with Gasteiger partial charge in [-0.3, -0.25) is 0 Å². The number of hydrogen-bond donors (Lipinski definition) is 0. The lowest BCUT2D eigenvalue weighted by Crippen LogP contribution is -2.03. The summed E-state index contributed by atoms with van der Waals surface area (Å²) in [4.78, 5) is 0. The number of allylic oxidation sites excluding steroid dienone is 1. The normalized spacial score (nSPS) is 30.7. The van der Waals surface area contributed by atoms with Crippen LogP contribution >= 0.6 is 0 Å². The summed E-state index contributed by atoms with van der Waals surface area (Å²) in [7, 11) is 0. The van der Waals surface area contributed by atoms with Crippen molar-refractivity contribution < 1.29 is 4.74 Å². The second-order valence-electron chi connectivity index (χ2n) is 3.94. The van der Waals surface area contributed by atoms with Crippen molar-refractivity contribution in [1.29, 1.82) is 0 Å². The lowest BCUT2D eigenvalue weighted by molar-refractivity contribution is 0.144. The molecule has 2 aliphatic rings. The topological polar surface area (TPSA) is 9.23 Å². The van der Waals surface area contributed by atoms with Gasteiger partial charge in [0.25, 0.3) is 0 Å². The molecule has 68 valence electrons. The molecule has 2 rings (SSSR count). The molecule has 1 aliphatic carbocycles. The Hall–Kier alpha value is -0.300. The Morgan fingerprint density at radius 1 is 1.08 bits per heavy atom. The highest BCUT2D eigenvalue weighted by Gasteiger charge is 2.14.